The molecule has 1 saturated heterocycles. The highest BCUT2D eigenvalue weighted by Gasteiger charge is 2.55. The first-order chi connectivity index (χ1) is 38.6. The number of oxime groups is 1. The maximum atomic E-state index is 15.1. The maximum absolute atomic E-state index is 15.1. The number of alkyl halides is 1. The fourth-order valence-corrected chi connectivity index (χ4v) is 11.7. The zero-order valence-corrected chi connectivity index (χ0v) is 44.6. The maximum Gasteiger partial charge on any atom is 0.355 e. The van der Waals surface area contributed by atoms with E-state index < -0.39 is 70.1 Å². The van der Waals surface area contributed by atoms with Gasteiger partial charge in [0.2, 0.25) is 6.10 Å². The number of carbonyl (C=O) groups excluding carboxylic acids is 4. The first-order valence-corrected chi connectivity index (χ1v) is 27.3. The molecule has 2 amide bonds. The number of phenols is 2. The summed E-state index contributed by atoms with van der Waals surface area (Å²) in [4.78, 5) is 70.3. The number of thioether (sulfide) groups is 1. The smallest absolute Gasteiger partial charge is 0.355 e. The highest BCUT2D eigenvalue weighted by atomic mass is 35.5. The standard InChI is InChI=1S/C61H50ClN5O10S2/c1-74-46-30-27-38(28-31-46)35-75-58(72)52-42(34-62)36-78-57-51(56(71)67(52)57)64-55(70)50(47-37-79-60(63-47)65-61(43-21-11-4-12-22-43,44-23-13-5-14-24-44)45-25-15-6-16-26-45)66-77-54(41-29-32-48(68)49(69)33-41)59(73)76-53(39-17-7-2-8-18-39)40-19-9-3-10-20-40/h2-33,37,51,53-54,57,68-69H,34-36H2,1H3,(H,63,65)(H,64,70)/b66-50-/t51?,54-,57-/m1/s1. The number of esters is 2. The van der Waals surface area contributed by atoms with Crippen LogP contribution in [0.3, 0.4) is 0 Å². The van der Waals surface area contributed by atoms with Crippen molar-refractivity contribution in [1.82, 2.24) is 15.2 Å². The van der Waals surface area contributed by atoms with Gasteiger partial charge in [0, 0.05) is 22.6 Å². The molecule has 8 aromatic rings. The van der Waals surface area contributed by atoms with Crippen LogP contribution in [0.2, 0.25) is 0 Å². The van der Waals surface area contributed by atoms with Gasteiger partial charge in [0.25, 0.3) is 11.8 Å². The van der Waals surface area contributed by atoms with Gasteiger partial charge >= 0.3 is 11.9 Å². The summed E-state index contributed by atoms with van der Waals surface area (Å²) in [5.74, 6) is -3.46. The van der Waals surface area contributed by atoms with Crippen LogP contribution in [-0.4, -0.2) is 79.7 Å². The molecule has 10 rings (SSSR count). The van der Waals surface area contributed by atoms with Crippen molar-refractivity contribution in [1.29, 1.82) is 0 Å². The normalized spacial score (nSPS) is 15.6. The average Bonchev–Trinajstić information content (AvgIpc) is 4.06. The van der Waals surface area contributed by atoms with E-state index in [1.165, 1.54) is 40.1 Å². The Bertz CT molecular complexity index is 3380. The Morgan fingerprint density at radius 1 is 0.759 bits per heavy atom. The Balaban J connectivity index is 1.01. The van der Waals surface area contributed by atoms with Gasteiger partial charge in [-0.1, -0.05) is 175 Å². The Hall–Kier alpha value is -8.90. The Morgan fingerprint density at radius 2 is 1.33 bits per heavy atom. The molecule has 15 nitrogen and oxygen atoms in total. The van der Waals surface area contributed by atoms with E-state index in [9.17, 15) is 24.6 Å². The molecule has 1 aromatic heterocycles. The molecule has 0 bridgehead atoms. The summed E-state index contributed by atoms with van der Waals surface area (Å²) in [6.45, 7) is -0.0904. The van der Waals surface area contributed by atoms with Crippen LogP contribution >= 0.6 is 34.7 Å². The van der Waals surface area contributed by atoms with E-state index in [1.807, 2.05) is 127 Å². The van der Waals surface area contributed by atoms with Gasteiger partial charge in [-0.3, -0.25) is 14.5 Å². The number of nitrogens with zero attached hydrogens (tertiary/aromatic N) is 3. The number of benzene rings is 7. The van der Waals surface area contributed by atoms with Crippen LogP contribution in [0.5, 0.6) is 17.2 Å². The molecule has 1 unspecified atom stereocenters. The highest BCUT2D eigenvalue weighted by molar-refractivity contribution is 8.00. The Kier molecular flexibility index (Phi) is 16.4. The average molecular weight is 1110 g/mol. The van der Waals surface area contributed by atoms with E-state index in [1.54, 1.807) is 61.0 Å². The van der Waals surface area contributed by atoms with Crippen LogP contribution in [0.15, 0.2) is 216 Å². The van der Waals surface area contributed by atoms with Crippen LogP contribution < -0.4 is 15.4 Å². The van der Waals surface area contributed by atoms with E-state index >= 15 is 4.79 Å². The molecular formula is C61H50ClN5O10S2. The van der Waals surface area contributed by atoms with Gasteiger partial charge in [-0.25, -0.2) is 14.6 Å². The first-order valence-electron chi connectivity index (χ1n) is 24.9. The van der Waals surface area contributed by atoms with E-state index in [2.05, 4.69) is 15.8 Å². The van der Waals surface area contributed by atoms with Crippen LogP contribution in [-0.2, 0) is 45.6 Å². The van der Waals surface area contributed by atoms with Crippen molar-refractivity contribution < 1.29 is 48.4 Å². The molecular weight excluding hydrogens is 1060 g/mol. The van der Waals surface area contributed by atoms with Crippen molar-refractivity contribution in [3.63, 3.8) is 0 Å². The van der Waals surface area contributed by atoms with Crippen LogP contribution in [0.1, 0.15) is 56.8 Å². The predicted molar refractivity (Wildman–Crippen MR) is 301 cm³/mol. The zero-order valence-electron chi connectivity index (χ0n) is 42.2. The molecule has 398 valence electrons. The molecule has 0 saturated carbocycles. The van der Waals surface area contributed by atoms with Crippen molar-refractivity contribution >= 4 is 69.3 Å². The second kappa shape index (κ2) is 24.2. The van der Waals surface area contributed by atoms with Gasteiger partial charge in [0.1, 0.15) is 40.7 Å². The molecule has 0 spiro atoms. The summed E-state index contributed by atoms with van der Waals surface area (Å²) >= 11 is 8.84. The van der Waals surface area contributed by atoms with Gasteiger partial charge in [-0.2, -0.15) is 0 Å². The Morgan fingerprint density at radius 3 is 1.87 bits per heavy atom. The number of aromatic nitrogens is 1. The molecule has 2 aliphatic heterocycles. The van der Waals surface area contributed by atoms with Crippen molar-refractivity contribution in [2.24, 2.45) is 5.16 Å². The number of halogens is 1. The summed E-state index contributed by atoms with van der Waals surface area (Å²) in [6.07, 6.45) is -2.70. The number of thiazole rings is 1. The summed E-state index contributed by atoms with van der Waals surface area (Å²) in [5.41, 5.74) is 3.64. The molecule has 2 aliphatic rings. The molecule has 1 fully saturated rings. The number of phenolic OH excluding ortho intramolecular Hbond substituents is 2. The minimum absolute atomic E-state index is 0.00301. The number of methoxy groups -OCH3 is 1. The second-order valence-electron chi connectivity index (χ2n) is 18.2. The molecule has 3 atom stereocenters. The largest absolute Gasteiger partial charge is 0.504 e. The van der Waals surface area contributed by atoms with Crippen molar-refractivity contribution in [3.05, 3.63) is 255 Å². The number of anilines is 1. The van der Waals surface area contributed by atoms with Crippen molar-refractivity contribution in [2.45, 2.75) is 35.8 Å². The molecule has 3 heterocycles. The lowest BCUT2D eigenvalue weighted by Gasteiger charge is -2.49. The number of ether oxygens (including phenoxy) is 3. The molecule has 4 N–H and O–H groups in total. The number of fused-ring (bicyclic) bond motifs is 1. The number of aromatic hydroxyl groups is 2. The van der Waals surface area contributed by atoms with Gasteiger partial charge in [-0.15, -0.1) is 34.7 Å². The van der Waals surface area contributed by atoms with Crippen LogP contribution in [0, 0.1) is 0 Å². The third-order valence-electron chi connectivity index (χ3n) is 13.3. The second-order valence-corrected chi connectivity index (χ2v) is 20.4. The van der Waals surface area contributed by atoms with Crippen molar-refractivity contribution in [2.75, 3.05) is 24.1 Å². The SMILES string of the molecule is COc1ccc(COC(=O)C2=C(CCl)CS[C@@H]3C(NC(=O)/C(=N\O[C@@H](C(=O)OC(c4ccccc4)c4ccccc4)c4ccc(O)c(O)c4)c4csc(NC(c5ccccc5)(c5ccccc5)c5ccccc5)n4)C(=O)N23)cc1. The number of amides is 2. The summed E-state index contributed by atoms with van der Waals surface area (Å²) in [5, 5.41) is 33.2. The van der Waals surface area contributed by atoms with E-state index in [0.29, 0.717) is 33.1 Å². The first kappa shape index (κ1) is 53.5. The minimum Gasteiger partial charge on any atom is -0.504 e. The fraction of sp³-hybridized carbons (Fsp3) is 0.148. The molecule has 0 aliphatic carbocycles. The lowest BCUT2D eigenvalue weighted by molar-refractivity contribution is -0.162. The number of rotatable bonds is 20. The van der Waals surface area contributed by atoms with Gasteiger partial charge in [0.15, 0.2) is 28.4 Å². The third kappa shape index (κ3) is 11.4. The summed E-state index contributed by atoms with van der Waals surface area (Å²) < 4.78 is 17.2. The topological polar surface area (TPSA) is 198 Å². The van der Waals surface area contributed by atoms with Gasteiger partial charge in [0.05, 0.1) is 7.11 Å². The minimum atomic E-state index is -1.76. The predicted octanol–water partition coefficient (Wildman–Crippen LogP) is 10.4. The van der Waals surface area contributed by atoms with E-state index in [4.69, 9.17) is 35.6 Å². The number of nitrogens with one attached hydrogen (secondary N) is 2. The highest BCUT2D eigenvalue weighted by Crippen LogP contribution is 2.43. The fourth-order valence-electron chi connectivity index (χ4n) is 9.32. The van der Waals surface area contributed by atoms with E-state index in [0.717, 1.165) is 22.8 Å². The number of β-lactam (4-membered cyclic amide) rings is 1. The number of carbonyl (C=O) groups is 4. The summed E-state index contributed by atoms with van der Waals surface area (Å²) in [7, 11) is 1.55. The zero-order chi connectivity index (χ0) is 54.9. The molecule has 79 heavy (non-hydrogen) atoms. The molecule has 18 heteroatoms. The van der Waals surface area contributed by atoms with Gasteiger partial charge < -0.3 is 39.9 Å². The molecule has 0 radical (unpaired) electrons. The van der Waals surface area contributed by atoms with Crippen LogP contribution in [0.4, 0.5) is 5.13 Å². The Labute approximate surface area is 468 Å². The number of hydrogen-bond donors (Lipinski definition) is 4. The van der Waals surface area contributed by atoms with Crippen LogP contribution in [0.25, 0.3) is 0 Å². The van der Waals surface area contributed by atoms with E-state index in [-0.39, 0.29) is 35.2 Å². The van der Waals surface area contributed by atoms with Gasteiger partial charge in [-0.05, 0) is 63.2 Å². The lowest BCUT2D eigenvalue weighted by Crippen LogP contribution is -2.71. The number of hydrogen-bond acceptors (Lipinski definition) is 15. The lowest BCUT2D eigenvalue weighted by atomic mass is 9.77. The quantitative estimate of drug-likeness (QED) is 0.0107. The monoisotopic (exact) mass is 1110 g/mol. The van der Waals surface area contributed by atoms with Crippen molar-refractivity contribution in [3.8, 4) is 17.2 Å². The third-order valence-corrected chi connectivity index (χ3v) is 15.7. The summed E-state index contributed by atoms with van der Waals surface area (Å²) in [6, 6.07) is 57.1. The molecule has 7 aromatic carbocycles.